The summed E-state index contributed by atoms with van der Waals surface area (Å²) in [5, 5.41) is 11.6. The molecule has 2 unspecified atom stereocenters. The number of hydrogen-bond acceptors (Lipinski definition) is 5. The Morgan fingerprint density at radius 2 is 2.50 bits per heavy atom. The minimum atomic E-state index is -0.387. The van der Waals surface area contributed by atoms with Crippen LogP contribution in [0.3, 0.4) is 0 Å². The van der Waals surface area contributed by atoms with E-state index in [0.717, 1.165) is 11.3 Å². The van der Waals surface area contributed by atoms with Gasteiger partial charge in [-0.2, -0.15) is 0 Å². The van der Waals surface area contributed by atoms with E-state index in [1.54, 1.807) is 11.8 Å². The fourth-order valence-electron chi connectivity index (χ4n) is 2.50. The second kappa shape index (κ2) is 5.38. The van der Waals surface area contributed by atoms with E-state index in [0.29, 0.717) is 24.5 Å². The molecule has 1 saturated heterocycles. The molecule has 2 aromatic rings. The summed E-state index contributed by atoms with van der Waals surface area (Å²) in [6.45, 7) is 3.00. The molecule has 0 bridgehead atoms. The van der Waals surface area contributed by atoms with E-state index >= 15 is 0 Å². The number of carbonyl (C=O) groups excluding carboxylic acids is 1. The van der Waals surface area contributed by atoms with Gasteiger partial charge >= 0.3 is 0 Å². The monoisotopic (exact) mass is 292 g/mol. The van der Waals surface area contributed by atoms with Crippen molar-refractivity contribution in [2.45, 2.75) is 19.4 Å². The summed E-state index contributed by atoms with van der Waals surface area (Å²) in [5.74, 6) is 0.562. The molecule has 1 N–H and O–H groups in total. The van der Waals surface area contributed by atoms with E-state index in [9.17, 15) is 9.90 Å². The zero-order valence-corrected chi connectivity index (χ0v) is 12.0. The highest BCUT2D eigenvalue weighted by atomic mass is 32.1. The zero-order valence-electron chi connectivity index (χ0n) is 11.2. The molecule has 0 spiro atoms. The Balaban J connectivity index is 1.81. The van der Waals surface area contributed by atoms with Gasteiger partial charge < -0.3 is 14.4 Å². The van der Waals surface area contributed by atoms with Crippen LogP contribution in [0.1, 0.15) is 23.8 Å². The van der Waals surface area contributed by atoms with Crippen molar-refractivity contribution in [3.63, 3.8) is 0 Å². The lowest BCUT2D eigenvalue weighted by Gasteiger charge is -2.16. The molecule has 20 heavy (non-hydrogen) atoms. The van der Waals surface area contributed by atoms with Crippen LogP contribution in [0.5, 0.6) is 0 Å². The van der Waals surface area contributed by atoms with E-state index in [-0.39, 0.29) is 17.9 Å². The average Bonchev–Trinajstić information content (AvgIpc) is 3.17. The standard InChI is InChI=1S/C14H16N2O3S/c1-9(17)10-4-5-16(7-10)14(18)12-13(19-8-15-12)11-3-2-6-20-11/h2-3,6,8-10,17H,4-5,7H2,1H3. The van der Waals surface area contributed by atoms with Crippen molar-refractivity contribution in [3.8, 4) is 10.6 Å². The summed E-state index contributed by atoms with van der Waals surface area (Å²) in [4.78, 5) is 19.2. The topological polar surface area (TPSA) is 66.6 Å². The van der Waals surface area contributed by atoms with E-state index in [2.05, 4.69) is 4.98 Å². The van der Waals surface area contributed by atoms with Crippen molar-refractivity contribution in [2.24, 2.45) is 5.92 Å². The first-order valence-electron chi connectivity index (χ1n) is 6.61. The van der Waals surface area contributed by atoms with Gasteiger partial charge in [0.05, 0.1) is 11.0 Å². The number of aliphatic hydroxyl groups excluding tert-OH is 1. The maximum absolute atomic E-state index is 12.5. The molecule has 3 rings (SSSR count). The number of nitrogens with zero attached hydrogens (tertiary/aromatic N) is 2. The van der Waals surface area contributed by atoms with Gasteiger partial charge in [-0.05, 0) is 24.8 Å². The number of rotatable bonds is 3. The molecule has 0 aromatic carbocycles. The summed E-state index contributed by atoms with van der Waals surface area (Å²) >= 11 is 1.52. The molecule has 0 saturated carbocycles. The lowest BCUT2D eigenvalue weighted by atomic mass is 10.0. The fraction of sp³-hybridized carbons (Fsp3) is 0.429. The van der Waals surface area contributed by atoms with Crippen LogP contribution in [-0.2, 0) is 0 Å². The Bertz CT molecular complexity index is 591. The maximum Gasteiger partial charge on any atom is 0.276 e. The SMILES string of the molecule is CC(O)C1CCN(C(=O)c2ncoc2-c2cccs2)C1. The molecule has 0 aliphatic carbocycles. The van der Waals surface area contributed by atoms with Gasteiger partial charge in [0.1, 0.15) is 0 Å². The smallest absolute Gasteiger partial charge is 0.276 e. The summed E-state index contributed by atoms with van der Waals surface area (Å²) in [7, 11) is 0. The summed E-state index contributed by atoms with van der Waals surface area (Å²) < 4.78 is 5.37. The molecule has 3 heterocycles. The molecule has 1 amide bonds. The van der Waals surface area contributed by atoms with Crippen LogP contribution in [0.4, 0.5) is 0 Å². The number of thiophene rings is 1. The molecule has 5 nitrogen and oxygen atoms in total. The van der Waals surface area contributed by atoms with Gasteiger partial charge in [-0.25, -0.2) is 4.98 Å². The quantitative estimate of drug-likeness (QED) is 0.942. The number of aromatic nitrogens is 1. The van der Waals surface area contributed by atoms with Crippen molar-refractivity contribution in [1.82, 2.24) is 9.88 Å². The van der Waals surface area contributed by atoms with Crippen molar-refractivity contribution in [3.05, 3.63) is 29.6 Å². The minimum Gasteiger partial charge on any atom is -0.442 e. The van der Waals surface area contributed by atoms with E-state index in [1.807, 2.05) is 17.5 Å². The van der Waals surface area contributed by atoms with E-state index in [1.165, 1.54) is 17.7 Å². The molecule has 2 aromatic heterocycles. The third-order valence-corrected chi connectivity index (χ3v) is 4.58. The first-order valence-corrected chi connectivity index (χ1v) is 7.49. The van der Waals surface area contributed by atoms with Gasteiger partial charge in [0, 0.05) is 19.0 Å². The third-order valence-electron chi connectivity index (χ3n) is 3.71. The molecule has 0 radical (unpaired) electrons. The second-order valence-electron chi connectivity index (χ2n) is 5.05. The number of hydrogen-bond donors (Lipinski definition) is 1. The predicted octanol–water partition coefficient (Wildman–Crippen LogP) is 2.25. The van der Waals surface area contributed by atoms with Gasteiger partial charge in [-0.3, -0.25) is 4.79 Å². The van der Waals surface area contributed by atoms with E-state index in [4.69, 9.17) is 4.42 Å². The molecule has 1 aliphatic rings. The molecule has 1 fully saturated rings. The Labute approximate surface area is 120 Å². The first kappa shape index (κ1) is 13.3. The van der Waals surface area contributed by atoms with Crippen LogP contribution < -0.4 is 0 Å². The van der Waals surface area contributed by atoms with Crippen LogP contribution in [0, 0.1) is 5.92 Å². The van der Waals surface area contributed by atoms with Gasteiger partial charge in [0.15, 0.2) is 17.8 Å². The van der Waals surface area contributed by atoms with Crippen molar-refractivity contribution >= 4 is 17.2 Å². The van der Waals surface area contributed by atoms with Crippen molar-refractivity contribution < 1.29 is 14.3 Å². The highest BCUT2D eigenvalue weighted by Gasteiger charge is 2.32. The van der Waals surface area contributed by atoms with Gasteiger partial charge in [-0.1, -0.05) is 6.07 Å². The van der Waals surface area contributed by atoms with Crippen LogP contribution in [0.15, 0.2) is 28.3 Å². The number of likely N-dealkylation sites (tertiary alicyclic amines) is 1. The first-order chi connectivity index (χ1) is 9.66. The van der Waals surface area contributed by atoms with Crippen molar-refractivity contribution in [2.75, 3.05) is 13.1 Å². The fourth-order valence-corrected chi connectivity index (χ4v) is 3.21. The van der Waals surface area contributed by atoms with Gasteiger partial charge in [-0.15, -0.1) is 11.3 Å². The lowest BCUT2D eigenvalue weighted by molar-refractivity contribution is 0.0758. The van der Waals surface area contributed by atoms with Crippen LogP contribution >= 0.6 is 11.3 Å². The molecule has 1 aliphatic heterocycles. The third kappa shape index (κ3) is 2.36. The largest absolute Gasteiger partial charge is 0.442 e. The highest BCUT2D eigenvalue weighted by Crippen LogP contribution is 2.29. The highest BCUT2D eigenvalue weighted by molar-refractivity contribution is 7.13. The molecule has 106 valence electrons. The Hall–Kier alpha value is -1.66. The minimum absolute atomic E-state index is 0.120. The summed E-state index contributed by atoms with van der Waals surface area (Å²) in [6, 6.07) is 3.82. The Morgan fingerprint density at radius 1 is 1.65 bits per heavy atom. The second-order valence-corrected chi connectivity index (χ2v) is 6.00. The molecular weight excluding hydrogens is 276 g/mol. The average molecular weight is 292 g/mol. The number of carbonyl (C=O) groups is 1. The number of amides is 1. The van der Waals surface area contributed by atoms with Crippen LogP contribution in [0.25, 0.3) is 10.6 Å². The normalized spacial score (nSPS) is 20.3. The number of aliphatic hydroxyl groups is 1. The van der Waals surface area contributed by atoms with Crippen molar-refractivity contribution in [1.29, 1.82) is 0 Å². The molecule has 2 atom stereocenters. The Kier molecular flexibility index (Phi) is 3.58. The van der Waals surface area contributed by atoms with Crippen LogP contribution in [0.2, 0.25) is 0 Å². The molecule has 6 heteroatoms. The predicted molar refractivity (Wildman–Crippen MR) is 75.5 cm³/mol. The number of oxazole rings is 1. The van der Waals surface area contributed by atoms with Gasteiger partial charge in [0.25, 0.3) is 5.91 Å². The lowest BCUT2D eigenvalue weighted by Crippen LogP contribution is -2.30. The summed E-state index contributed by atoms with van der Waals surface area (Å²) in [6.07, 6.45) is 1.75. The summed E-state index contributed by atoms with van der Waals surface area (Å²) in [5.41, 5.74) is 0.360. The Morgan fingerprint density at radius 3 is 3.15 bits per heavy atom. The van der Waals surface area contributed by atoms with Crippen LogP contribution in [-0.4, -0.2) is 40.1 Å². The maximum atomic E-state index is 12.5. The van der Waals surface area contributed by atoms with E-state index < -0.39 is 0 Å². The molecular formula is C14H16N2O3S. The van der Waals surface area contributed by atoms with Gasteiger partial charge in [0.2, 0.25) is 0 Å². The zero-order chi connectivity index (χ0) is 14.1.